The molecular formula is C10H12ClN3O2. The summed E-state index contributed by atoms with van der Waals surface area (Å²) < 4.78 is 0. The zero-order valence-electron chi connectivity index (χ0n) is 8.79. The molecule has 1 atom stereocenters. The minimum Gasteiger partial charge on any atom is -0.378 e. The Morgan fingerprint density at radius 1 is 1.56 bits per heavy atom. The number of nitro groups is 1. The molecule has 0 spiro atoms. The Kier molecular flexibility index (Phi) is 2.98. The van der Waals surface area contributed by atoms with Crippen LogP contribution in [-0.2, 0) is 6.54 Å². The first-order valence-electron chi connectivity index (χ1n) is 5.02. The van der Waals surface area contributed by atoms with E-state index in [0.717, 1.165) is 5.56 Å². The smallest absolute Gasteiger partial charge is 0.294 e. The van der Waals surface area contributed by atoms with Gasteiger partial charge in [0.15, 0.2) is 0 Å². The van der Waals surface area contributed by atoms with Crippen LogP contribution in [0.2, 0.25) is 5.02 Å². The molecule has 5 nitrogen and oxygen atoms in total. The molecule has 0 bridgehead atoms. The fraction of sp³-hybridized carbons (Fsp3) is 0.400. The third-order valence-electron chi connectivity index (χ3n) is 2.59. The molecule has 0 amide bonds. The number of nitrogens with one attached hydrogen (secondary N) is 2. The number of nitrogens with zero attached hydrogens (tertiary/aromatic N) is 1. The summed E-state index contributed by atoms with van der Waals surface area (Å²) in [6.07, 6.45) is 0. The summed E-state index contributed by atoms with van der Waals surface area (Å²) in [7, 11) is 0. The van der Waals surface area contributed by atoms with Crippen LogP contribution < -0.4 is 10.6 Å². The first-order chi connectivity index (χ1) is 7.58. The van der Waals surface area contributed by atoms with Gasteiger partial charge in [0, 0.05) is 30.2 Å². The molecule has 0 saturated heterocycles. The average molecular weight is 242 g/mol. The van der Waals surface area contributed by atoms with Crippen LogP contribution in [0.3, 0.4) is 0 Å². The summed E-state index contributed by atoms with van der Waals surface area (Å²) in [5, 5.41) is 17.6. The van der Waals surface area contributed by atoms with Crippen molar-refractivity contribution >= 4 is 23.0 Å². The second-order valence-corrected chi connectivity index (χ2v) is 4.32. The van der Waals surface area contributed by atoms with Gasteiger partial charge in [0.2, 0.25) is 0 Å². The van der Waals surface area contributed by atoms with Crippen molar-refractivity contribution in [1.29, 1.82) is 0 Å². The van der Waals surface area contributed by atoms with E-state index in [1.165, 1.54) is 6.07 Å². The number of fused-ring (bicyclic) bond motifs is 1. The average Bonchev–Trinajstić information content (AvgIpc) is 2.40. The molecule has 1 aromatic carbocycles. The van der Waals surface area contributed by atoms with Crippen molar-refractivity contribution in [1.82, 2.24) is 5.32 Å². The van der Waals surface area contributed by atoms with Gasteiger partial charge in [0.25, 0.3) is 5.69 Å². The van der Waals surface area contributed by atoms with Gasteiger partial charge in [-0.3, -0.25) is 10.1 Å². The maximum absolute atomic E-state index is 10.9. The lowest BCUT2D eigenvalue weighted by Gasteiger charge is -2.08. The summed E-state index contributed by atoms with van der Waals surface area (Å²) >= 11 is 5.86. The van der Waals surface area contributed by atoms with E-state index in [1.807, 2.05) is 6.92 Å². The number of rotatable bonds is 1. The third-order valence-corrected chi connectivity index (χ3v) is 2.80. The summed E-state index contributed by atoms with van der Waals surface area (Å²) in [5.74, 6) is 0. The van der Waals surface area contributed by atoms with E-state index < -0.39 is 4.92 Å². The standard InChI is InChI=1S/C10H12ClN3O2/c1-6-4-13-10-7(5-12-6)2-8(11)3-9(10)14(15)16/h2-3,6,12-13H,4-5H2,1H3/t6-/m0/s1. The van der Waals surface area contributed by atoms with Gasteiger partial charge in [-0.2, -0.15) is 0 Å². The van der Waals surface area contributed by atoms with E-state index >= 15 is 0 Å². The predicted octanol–water partition coefficient (Wildman–Crippen LogP) is 2.15. The van der Waals surface area contributed by atoms with E-state index in [2.05, 4.69) is 10.6 Å². The SMILES string of the molecule is C[C@H]1CNc2c(cc(Cl)cc2[N+](=O)[O-])CN1. The van der Waals surface area contributed by atoms with E-state index in [9.17, 15) is 10.1 Å². The second-order valence-electron chi connectivity index (χ2n) is 3.88. The molecule has 6 heteroatoms. The van der Waals surface area contributed by atoms with Crippen LogP contribution in [0.25, 0.3) is 0 Å². The van der Waals surface area contributed by atoms with Crippen LogP contribution in [0, 0.1) is 10.1 Å². The zero-order chi connectivity index (χ0) is 11.7. The predicted molar refractivity (Wildman–Crippen MR) is 62.9 cm³/mol. The second kappa shape index (κ2) is 4.27. The van der Waals surface area contributed by atoms with E-state index in [1.54, 1.807) is 6.07 Å². The van der Waals surface area contributed by atoms with Gasteiger partial charge in [-0.05, 0) is 18.6 Å². The Balaban J connectivity index is 2.49. The summed E-state index contributed by atoms with van der Waals surface area (Å²) in [6.45, 7) is 3.27. The molecule has 86 valence electrons. The van der Waals surface area contributed by atoms with Gasteiger partial charge in [-0.25, -0.2) is 0 Å². The molecule has 0 saturated carbocycles. The minimum absolute atomic E-state index is 0.0402. The van der Waals surface area contributed by atoms with Crippen LogP contribution in [-0.4, -0.2) is 17.5 Å². The van der Waals surface area contributed by atoms with E-state index in [0.29, 0.717) is 23.8 Å². The van der Waals surface area contributed by atoms with Crippen molar-refractivity contribution in [2.45, 2.75) is 19.5 Å². The highest BCUT2D eigenvalue weighted by molar-refractivity contribution is 6.31. The Morgan fingerprint density at radius 3 is 3.00 bits per heavy atom. The summed E-state index contributed by atoms with van der Waals surface area (Å²) in [5.41, 5.74) is 1.45. The molecule has 0 aliphatic carbocycles. The van der Waals surface area contributed by atoms with Gasteiger partial charge in [-0.15, -0.1) is 0 Å². The fourth-order valence-corrected chi connectivity index (χ4v) is 1.98. The topological polar surface area (TPSA) is 67.2 Å². The molecule has 0 fully saturated rings. The highest BCUT2D eigenvalue weighted by Gasteiger charge is 2.22. The van der Waals surface area contributed by atoms with Gasteiger partial charge in [0.1, 0.15) is 5.69 Å². The van der Waals surface area contributed by atoms with Gasteiger partial charge >= 0.3 is 0 Å². The highest BCUT2D eigenvalue weighted by atomic mass is 35.5. The minimum atomic E-state index is -0.409. The Bertz CT molecular complexity index is 436. The van der Waals surface area contributed by atoms with E-state index in [4.69, 9.17) is 11.6 Å². The molecule has 16 heavy (non-hydrogen) atoms. The number of benzene rings is 1. The Hall–Kier alpha value is -1.33. The molecule has 0 radical (unpaired) electrons. The number of anilines is 1. The van der Waals surface area contributed by atoms with Crippen molar-refractivity contribution in [3.05, 3.63) is 32.8 Å². The molecule has 1 heterocycles. The van der Waals surface area contributed by atoms with Crippen LogP contribution in [0.4, 0.5) is 11.4 Å². The van der Waals surface area contributed by atoms with Crippen molar-refractivity contribution in [3.8, 4) is 0 Å². The summed E-state index contributed by atoms with van der Waals surface area (Å²) in [6, 6.07) is 3.40. The molecule has 0 aromatic heterocycles. The van der Waals surface area contributed by atoms with Gasteiger partial charge in [0.05, 0.1) is 4.92 Å². The normalized spacial score (nSPS) is 19.5. The Labute approximate surface area is 97.9 Å². The largest absolute Gasteiger partial charge is 0.378 e. The maximum atomic E-state index is 10.9. The van der Waals surface area contributed by atoms with Crippen molar-refractivity contribution in [2.75, 3.05) is 11.9 Å². The van der Waals surface area contributed by atoms with Crippen LogP contribution in [0.5, 0.6) is 0 Å². The molecular weight excluding hydrogens is 230 g/mol. The van der Waals surface area contributed by atoms with Crippen LogP contribution >= 0.6 is 11.6 Å². The lowest BCUT2D eigenvalue weighted by atomic mass is 10.1. The van der Waals surface area contributed by atoms with Crippen molar-refractivity contribution in [3.63, 3.8) is 0 Å². The molecule has 2 rings (SSSR count). The van der Waals surface area contributed by atoms with Gasteiger partial charge < -0.3 is 10.6 Å². The number of hydrogen-bond donors (Lipinski definition) is 2. The number of hydrogen-bond acceptors (Lipinski definition) is 4. The first-order valence-corrected chi connectivity index (χ1v) is 5.40. The lowest BCUT2D eigenvalue weighted by Crippen LogP contribution is -2.29. The lowest BCUT2D eigenvalue weighted by molar-refractivity contribution is -0.384. The highest BCUT2D eigenvalue weighted by Crippen LogP contribution is 2.33. The third kappa shape index (κ3) is 2.10. The number of halogens is 1. The molecule has 0 unspecified atom stereocenters. The molecule has 1 aliphatic heterocycles. The van der Waals surface area contributed by atoms with E-state index in [-0.39, 0.29) is 11.7 Å². The van der Waals surface area contributed by atoms with Crippen molar-refractivity contribution in [2.24, 2.45) is 0 Å². The van der Waals surface area contributed by atoms with Gasteiger partial charge in [-0.1, -0.05) is 11.6 Å². The fourth-order valence-electron chi connectivity index (χ4n) is 1.75. The maximum Gasteiger partial charge on any atom is 0.294 e. The summed E-state index contributed by atoms with van der Waals surface area (Å²) in [4.78, 5) is 10.5. The van der Waals surface area contributed by atoms with Crippen molar-refractivity contribution < 1.29 is 4.92 Å². The molecule has 1 aromatic rings. The quantitative estimate of drug-likeness (QED) is 0.584. The molecule has 1 aliphatic rings. The van der Waals surface area contributed by atoms with Crippen LogP contribution in [0.1, 0.15) is 12.5 Å². The zero-order valence-corrected chi connectivity index (χ0v) is 9.54. The monoisotopic (exact) mass is 241 g/mol. The number of nitro benzene ring substituents is 1. The Morgan fingerprint density at radius 2 is 2.31 bits per heavy atom. The first kappa shape index (κ1) is 11.2. The molecule has 2 N–H and O–H groups in total. The van der Waals surface area contributed by atoms with Crippen LogP contribution in [0.15, 0.2) is 12.1 Å².